The van der Waals surface area contributed by atoms with Gasteiger partial charge in [0.05, 0.1) is 38.6 Å². The van der Waals surface area contributed by atoms with E-state index >= 15 is 0 Å². The molecule has 0 aliphatic carbocycles. The third-order valence-electron chi connectivity index (χ3n) is 6.97. The monoisotopic (exact) mass is 477 g/mol. The molecular formula is C27H31N3O5. The van der Waals surface area contributed by atoms with E-state index in [1.54, 1.807) is 19.4 Å². The molecule has 1 aromatic heterocycles. The summed E-state index contributed by atoms with van der Waals surface area (Å²) in [6.07, 6.45) is 1.61. The lowest BCUT2D eigenvalue weighted by molar-refractivity contribution is -0.131. The fraction of sp³-hybridized carbons (Fsp3) is 0.370. The van der Waals surface area contributed by atoms with E-state index in [1.165, 1.54) is 0 Å². The van der Waals surface area contributed by atoms with Crippen LogP contribution < -0.4 is 20.3 Å². The Morgan fingerprint density at radius 2 is 1.89 bits per heavy atom. The number of rotatable bonds is 7. The number of hydrazine groups is 1. The molecule has 3 aromatic rings. The Hall–Kier alpha value is -3.49. The highest BCUT2D eigenvalue weighted by Gasteiger charge is 2.56. The van der Waals surface area contributed by atoms with Crippen LogP contribution in [0.2, 0.25) is 0 Å². The van der Waals surface area contributed by atoms with Crippen molar-refractivity contribution in [3.05, 3.63) is 76.7 Å². The standard InChI is InChI=1S/C27H31N3O5/c1-5-34-20-9-8-17(13-21(20)33-4)26-23-24(22-16(3)11-15(2)12-19(22)31)28-29-25(23)27(32)30(26)14-18-7-6-10-35-18/h6-13,23-26,28-29,31H,5,14H2,1-4H3. The van der Waals surface area contributed by atoms with Gasteiger partial charge in [-0.15, -0.1) is 0 Å². The van der Waals surface area contributed by atoms with E-state index in [-0.39, 0.29) is 29.7 Å². The molecule has 2 saturated heterocycles. The molecule has 4 atom stereocenters. The maximum absolute atomic E-state index is 13.7. The van der Waals surface area contributed by atoms with Crippen LogP contribution in [0, 0.1) is 19.8 Å². The number of ether oxygens (including phenoxy) is 2. The fourth-order valence-corrected chi connectivity index (χ4v) is 5.60. The zero-order valence-corrected chi connectivity index (χ0v) is 20.4. The summed E-state index contributed by atoms with van der Waals surface area (Å²) in [6.45, 7) is 6.73. The normalized spacial score (nSPS) is 23.5. The van der Waals surface area contributed by atoms with Gasteiger partial charge >= 0.3 is 0 Å². The molecule has 3 heterocycles. The number of hydrogen-bond acceptors (Lipinski definition) is 7. The van der Waals surface area contributed by atoms with Gasteiger partial charge in [0.15, 0.2) is 11.5 Å². The minimum atomic E-state index is -0.461. The number of aromatic hydroxyl groups is 1. The number of nitrogens with one attached hydrogen (secondary N) is 2. The van der Waals surface area contributed by atoms with Crippen molar-refractivity contribution in [3.63, 3.8) is 0 Å². The molecule has 3 N–H and O–H groups in total. The Bertz CT molecular complexity index is 1200. The summed E-state index contributed by atoms with van der Waals surface area (Å²) in [6, 6.07) is 12.3. The second kappa shape index (κ2) is 9.28. The Morgan fingerprint density at radius 3 is 2.57 bits per heavy atom. The molecule has 1 amide bonds. The van der Waals surface area contributed by atoms with Gasteiger partial charge in [-0.2, -0.15) is 0 Å². The quantitative estimate of drug-likeness (QED) is 0.475. The van der Waals surface area contributed by atoms with Crippen molar-refractivity contribution in [2.24, 2.45) is 5.92 Å². The van der Waals surface area contributed by atoms with Crippen LogP contribution in [0.3, 0.4) is 0 Å². The van der Waals surface area contributed by atoms with Gasteiger partial charge in [-0.3, -0.25) is 4.79 Å². The Labute approximate surface area is 204 Å². The zero-order chi connectivity index (χ0) is 24.7. The summed E-state index contributed by atoms with van der Waals surface area (Å²) in [5, 5.41) is 10.9. The Balaban J connectivity index is 1.61. The molecule has 5 rings (SSSR count). The van der Waals surface area contributed by atoms with Crippen LogP contribution in [0.5, 0.6) is 17.2 Å². The average Bonchev–Trinajstić information content (AvgIpc) is 3.54. The number of amides is 1. The molecule has 35 heavy (non-hydrogen) atoms. The number of fused-ring (bicyclic) bond motifs is 1. The largest absolute Gasteiger partial charge is 0.508 e. The first-order valence-corrected chi connectivity index (χ1v) is 11.9. The summed E-state index contributed by atoms with van der Waals surface area (Å²) in [4.78, 5) is 15.5. The number of hydrogen-bond donors (Lipinski definition) is 3. The van der Waals surface area contributed by atoms with Gasteiger partial charge < -0.3 is 23.9 Å². The second-order valence-electron chi connectivity index (χ2n) is 9.17. The maximum atomic E-state index is 13.7. The Morgan fingerprint density at radius 1 is 1.09 bits per heavy atom. The van der Waals surface area contributed by atoms with E-state index in [4.69, 9.17) is 13.9 Å². The van der Waals surface area contributed by atoms with Gasteiger partial charge in [-0.05, 0) is 67.8 Å². The van der Waals surface area contributed by atoms with Crippen LogP contribution in [0.1, 0.15) is 47.0 Å². The Kier molecular flexibility index (Phi) is 6.17. The first-order valence-electron chi connectivity index (χ1n) is 11.9. The predicted octanol–water partition coefficient (Wildman–Crippen LogP) is 3.93. The highest BCUT2D eigenvalue weighted by molar-refractivity contribution is 5.86. The van der Waals surface area contributed by atoms with Gasteiger partial charge in [0.1, 0.15) is 17.6 Å². The van der Waals surface area contributed by atoms with E-state index in [1.807, 2.05) is 56.0 Å². The number of methoxy groups -OCH3 is 1. The van der Waals surface area contributed by atoms with E-state index in [0.29, 0.717) is 30.4 Å². The van der Waals surface area contributed by atoms with E-state index in [0.717, 1.165) is 22.3 Å². The van der Waals surface area contributed by atoms with Crippen LogP contribution in [-0.2, 0) is 11.3 Å². The van der Waals surface area contributed by atoms with E-state index in [2.05, 4.69) is 16.9 Å². The second-order valence-corrected chi connectivity index (χ2v) is 9.17. The number of likely N-dealkylation sites (tertiary alicyclic amines) is 1. The first kappa shape index (κ1) is 23.3. The van der Waals surface area contributed by atoms with Crippen LogP contribution in [0.4, 0.5) is 0 Å². The van der Waals surface area contributed by atoms with Gasteiger partial charge in [0.25, 0.3) is 0 Å². The summed E-state index contributed by atoms with van der Waals surface area (Å²) in [7, 11) is 1.61. The SMILES string of the molecule is CCOc1ccc(C2C3C(NNC3c3c(C)cc(C)cc3O)C(=O)N2Cc2ccco2)cc1OC. The smallest absolute Gasteiger partial charge is 0.242 e. The molecule has 2 aromatic carbocycles. The van der Waals surface area contributed by atoms with Gasteiger partial charge in [0.2, 0.25) is 5.91 Å². The zero-order valence-electron chi connectivity index (χ0n) is 20.4. The number of benzene rings is 2. The highest BCUT2D eigenvalue weighted by atomic mass is 16.5. The van der Waals surface area contributed by atoms with Crippen LogP contribution in [0.25, 0.3) is 0 Å². The topological polar surface area (TPSA) is 96.2 Å². The first-order chi connectivity index (χ1) is 16.9. The van der Waals surface area contributed by atoms with Crippen LogP contribution >= 0.6 is 0 Å². The lowest BCUT2D eigenvalue weighted by Crippen LogP contribution is -2.41. The summed E-state index contributed by atoms with van der Waals surface area (Å²) >= 11 is 0. The van der Waals surface area contributed by atoms with Crippen LogP contribution in [0.15, 0.2) is 53.1 Å². The van der Waals surface area contributed by atoms with Crippen LogP contribution in [-0.4, -0.2) is 35.7 Å². The molecule has 0 radical (unpaired) electrons. The van der Waals surface area contributed by atoms with E-state index < -0.39 is 6.04 Å². The number of furan rings is 1. The molecule has 0 bridgehead atoms. The van der Waals surface area contributed by atoms with Crippen molar-refractivity contribution in [2.45, 2.75) is 45.4 Å². The molecule has 8 nitrogen and oxygen atoms in total. The van der Waals surface area contributed by atoms with Gasteiger partial charge in [-0.25, -0.2) is 10.9 Å². The lowest BCUT2D eigenvalue weighted by Gasteiger charge is -2.32. The fourth-order valence-electron chi connectivity index (χ4n) is 5.60. The van der Waals surface area contributed by atoms with Crippen molar-refractivity contribution in [3.8, 4) is 17.2 Å². The van der Waals surface area contributed by atoms with Gasteiger partial charge in [-0.1, -0.05) is 12.1 Å². The molecule has 0 spiro atoms. The number of phenolic OH excluding ortho intramolecular Hbond substituents is 1. The van der Waals surface area contributed by atoms with Crippen molar-refractivity contribution < 1.29 is 23.8 Å². The minimum absolute atomic E-state index is 0.0245. The molecule has 2 aliphatic rings. The third-order valence-corrected chi connectivity index (χ3v) is 6.97. The van der Waals surface area contributed by atoms with E-state index in [9.17, 15) is 9.90 Å². The van der Waals surface area contributed by atoms with Crippen molar-refractivity contribution in [2.75, 3.05) is 13.7 Å². The number of carbonyl (C=O) groups excluding carboxylic acids is 1. The molecule has 8 heteroatoms. The molecule has 0 saturated carbocycles. The molecule has 184 valence electrons. The van der Waals surface area contributed by atoms with Gasteiger partial charge in [0, 0.05) is 11.5 Å². The minimum Gasteiger partial charge on any atom is -0.508 e. The van der Waals surface area contributed by atoms with Crippen molar-refractivity contribution in [1.82, 2.24) is 15.8 Å². The molecule has 2 fully saturated rings. The highest BCUT2D eigenvalue weighted by Crippen LogP contribution is 2.50. The summed E-state index contributed by atoms with van der Waals surface area (Å²) in [5.74, 6) is 1.99. The average molecular weight is 478 g/mol. The third kappa shape index (κ3) is 4.02. The number of carbonyl (C=O) groups is 1. The summed E-state index contributed by atoms with van der Waals surface area (Å²) in [5.41, 5.74) is 10.2. The number of aryl methyl sites for hydroxylation is 2. The molecule has 2 aliphatic heterocycles. The lowest BCUT2D eigenvalue weighted by atomic mass is 9.81. The number of phenols is 1. The predicted molar refractivity (Wildman–Crippen MR) is 130 cm³/mol. The van der Waals surface area contributed by atoms with Crippen molar-refractivity contribution in [1.29, 1.82) is 0 Å². The molecule has 4 unspecified atom stereocenters. The van der Waals surface area contributed by atoms with Crippen molar-refractivity contribution >= 4 is 5.91 Å². The number of nitrogens with zero attached hydrogens (tertiary/aromatic N) is 1. The summed E-state index contributed by atoms with van der Waals surface area (Å²) < 4.78 is 16.9. The molecular weight excluding hydrogens is 446 g/mol. The maximum Gasteiger partial charge on any atom is 0.242 e.